The summed E-state index contributed by atoms with van der Waals surface area (Å²) in [5.74, 6) is 0. The largest absolute Gasteiger partial charge is 0.313 e. The second-order valence-electron chi connectivity index (χ2n) is 4.04. The highest BCUT2D eigenvalue weighted by Gasteiger charge is 2.29. The van der Waals surface area contributed by atoms with E-state index in [0.717, 1.165) is 19.6 Å². The molecule has 0 spiro atoms. The molecule has 0 saturated heterocycles. The summed E-state index contributed by atoms with van der Waals surface area (Å²) >= 11 is 0. The highest BCUT2D eigenvalue weighted by Crippen LogP contribution is 1.98. The molecule has 0 aliphatic carbocycles. The van der Waals surface area contributed by atoms with Gasteiger partial charge in [0.1, 0.15) is 0 Å². The Morgan fingerprint density at radius 1 is 0.667 bits per heavy atom. The Hall–Kier alpha value is 0.0969. The van der Waals surface area contributed by atoms with Gasteiger partial charge in [-0.05, 0) is 44.9 Å². The Labute approximate surface area is 96.7 Å². The Morgan fingerprint density at radius 2 is 1.00 bits per heavy atom. The Kier molecular flexibility index (Phi) is 9.39. The van der Waals surface area contributed by atoms with E-state index in [-0.39, 0.29) is 0 Å². The van der Waals surface area contributed by atoms with Gasteiger partial charge in [-0.25, -0.2) is 0 Å². The van der Waals surface area contributed by atoms with Crippen molar-refractivity contribution in [3.8, 4) is 0 Å². The second kappa shape index (κ2) is 9.33. The van der Waals surface area contributed by atoms with Crippen LogP contribution in [0.5, 0.6) is 0 Å². The van der Waals surface area contributed by atoms with E-state index in [1.165, 1.54) is 25.3 Å². The summed E-state index contributed by atoms with van der Waals surface area (Å²) in [5, 5.41) is 0. The first-order chi connectivity index (χ1) is 7.24. The average molecular weight is 231 g/mol. The van der Waals surface area contributed by atoms with Gasteiger partial charge in [0.2, 0.25) is 0 Å². The van der Waals surface area contributed by atoms with E-state index in [2.05, 4.69) is 42.6 Å². The average Bonchev–Trinajstić information content (AvgIpc) is 2.29. The summed E-state index contributed by atoms with van der Waals surface area (Å²) in [6.45, 7) is 12.3. The van der Waals surface area contributed by atoms with Gasteiger partial charge in [-0.1, -0.05) is 27.7 Å². The normalized spacial score (nSPS) is 12.0. The summed E-state index contributed by atoms with van der Waals surface area (Å²) in [6, 6.07) is 1.20. The zero-order chi connectivity index (χ0) is 11.6. The van der Waals surface area contributed by atoms with Crippen LogP contribution >= 0.6 is 0 Å². The fraction of sp³-hybridized carbons (Fsp3) is 1.00. The van der Waals surface area contributed by atoms with E-state index in [1.54, 1.807) is 0 Å². The molecule has 0 heterocycles. The molecule has 0 fully saturated rings. The third kappa shape index (κ3) is 6.30. The van der Waals surface area contributed by atoms with Crippen molar-refractivity contribution in [2.75, 3.05) is 19.6 Å². The van der Waals surface area contributed by atoms with Gasteiger partial charge in [0, 0.05) is 0 Å². The van der Waals surface area contributed by atoms with Gasteiger partial charge < -0.3 is 14.9 Å². The van der Waals surface area contributed by atoms with E-state index < -0.39 is 8.56 Å². The molecule has 0 aliphatic heterocycles. The van der Waals surface area contributed by atoms with E-state index >= 15 is 0 Å². The van der Waals surface area contributed by atoms with Crippen molar-refractivity contribution < 1.29 is 0 Å². The smallest absolute Gasteiger partial charge is 0.281 e. The highest BCUT2D eigenvalue weighted by molar-refractivity contribution is 6.72. The van der Waals surface area contributed by atoms with Crippen LogP contribution < -0.4 is 14.9 Å². The lowest BCUT2D eigenvalue weighted by molar-refractivity contribution is 0.695. The van der Waals surface area contributed by atoms with Crippen LogP contribution in [-0.4, -0.2) is 28.2 Å². The standard InChI is InChI=1S/C11H29N3Si/c1-5-9-12-15(8-4,13-10-6-2)14-11-7-3/h12-14H,5-11H2,1-4H3. The topological polar surface area (TPSA) is 36.1 Å². The molecule has 0 bridgehead atoms. The summed E-state index contributed by atoms with van der Waals surface area (Å²) in [6.07, 6.45) is 3.61. The number of rotatable bonds is 10. The summed E-state index contributed by atoms with van der Waals surface area (Å²) < 4.78 is 0. The molecule has 15 heavy (non-hydrogen) atoms. The number of hydrogen-bond acceptors (Lipinski definition) is 3. The third-order valence-electron chi connectivity index (χ3n) is 2.56. The van der Waals surface area contributed by atoms with Crippen LogP contribution in [0, 0.1) is 0 Å². The molecule has 92 valence electrons. The maximum atomic E-state index is 3.72. The van der Waals surface area contributed by atoms with Gasteiger partial charge >= 0.3 is 0 Å². The molecular weight excluding hydrogens is 202 g/mol. The maximum absolute atomic E-state index is 3.72. The van der Waals surface area contributed by atoms with Crippen LogP contribution in [0.4, 0.5) is 0 Å². The molecule has 0 unspecified atom stereocenters. The minimum Gasteiger partial charge on any atom is -0.313 e. The molecule has 0 amide bonds. The van der Waals surface area contributed by atoms with Crippen molar-refractivity contribution in [3.63, 3.8) is 0 Å². The third-order valence-corrected chi connectivity index (χ3v) is 6.18. The van der Waals surface area contributed by atoms with E-state index in [4.69, 9.17) is 0 Å². The Morgan fingerprint density at radius 3 is 1.20 bits per heavy atom. The van der Waals surface area contributed by atoms with Crippen molar-refractivity contribution in [3.05, 3.63) is 0 Å². The first kappa shape index (κ1) is 15.1. The monoisotopic (exact) mass is 231 g/mol. The van der Waals surface area contributed by atoms with Gasteiger partial charge in [0.25, 0.3) is 8.56 Å². The zero-order valence-corrected chi connectivity index (χ0v) is 11.9. The lowest BCUT2D eigenvalue weighted by Gasteiger charge is -2.32. The van der Waals surface area contributed by atoms with Crippen molar-refractivity contribution in [1.82, 2.24) is 14.9 Å². The fourth-order valence-electron chi connectivity index (χ4n) is 1.58. The first-order valence-corrected chi connectivity index (χ1v) is 8.70. The molecule has 0 atom stereocenters. The molecule has 0 aliphatic rings. The zero-order valence-electron chi connectivity index (χ0n) is 10.9. The number of hydrogen-bond donors (Lipinski definition) is 3. The van der Waals surface area contributed by atoms with E-state index in [0.29, 0.717) is 0 Å². The predicted molar refractivity (Wildman–Crippen MR) is 71.1 cm³/mol. The van der Waals surface area contributed by atoms with Crippen molar-refractivity contribution in [2.45, 2.75) is 53.0 Å². The summed E-state index contributed by atoms with van der Waals surface area (Å²) in [5.41, 5.74) is 0. The van der Waals surface area contributed by atoms with Crippen LogP contribution in [0.3, 0.4) is 0 Å². The predicted octanol–water partition coefficient (Wildman–Crippen LogP) is 1.94. The van der Waals surface area contributed by atoms with Crippen LogP contribution in [0.25, 0.3) is 0 Å². The van der Waals surface area contributed by atoms with Crippen LogP contribution in [0.2, 0.25) is 6.04 Å². The molecule has 0 radical (unpaired) electrons. The fourth-order valence-corrected chi connectivity index (χ4v) is 4.73. The van der Waals surface area contributed by atoms with Gasteiger partial charge in [-0.15, -0.1) is 0 Å². The SMILES string of the molecule is CCCN[Si](CC)(NCCC)NCCC. The minimum absolute atomic E-state index is 1.12. The Balaban J connectivity index is 4.16. The van der Waals surface area contributed by atoms with Crippen LogP contribution in [-0.2, 0) is 0 Å². The molecule has 3 N–H and O–H groups in total. The Bertz CT molecular complexity index is 120. The van der Waals surface area contributed by atoms with Crippen LogP contribution in [0.15, 0.2) is 0 Å². The summed E-state index contributed by atoms with van der Waals surface area (Å²) in [7, 11) is -1.58. The first-order valence-electron chi connectivity index (χ1n) is 6.49. The molecule has 0 saturated carbocycles. The number of nitrogens with one attached hydrogen (secondary N) is 3. The molecule has 3 nitrogen and oxygen atoms in total. The van der Waals surface area contributed by atoms with Gasteiger partial charge in [0.05, 0.1) is 0 Å². The maximum Gasteiger partial charge on any atom is 0.281 e. The lowest BCUT2D eigenvalue weighted by Crippen LogP contribution is -2.72. The molecule has 0 aromatic heterocycles. The molecular formula is C11H29N3Si. The molecule has 4 heteroatoms. The van der Waals surface area contributed by atoms with Gasteiger partial charge in [-0.2, -0.15) is 0 Å². The molecule has 0 rings (SSSR count). The minimum atomic E-state index is -1.58. The summed E-state index contributed by atoms with van der Waals surface area (Å²) in [4.78, 5) is 11.2. The van der Waals surface area contributed by atoms with Crippen molar-refractivity contribution in [1.29, 1.82) is 0 Å². The van der Waals surface area contributed by atoms with E-state index in [9.17, 15) is 0 Å². The molecule has 0 aromatic carbocycles. The lowest BCUT2D eigenvalue weighted by atomic mass is 10.5. The van der Waals surface area contributed by atoms with E-state index in [1.807, 2.05) is 0 Å². The van der Waals surface area contributed by atoms with Crippen LogP contribution in [0.1, 0.15) is 47.0 Å². The second-order valence-corrected chi connectivity index (χ2v) is 7.62. The highest BCUT2D eigenvalue weighted by atomic mass is 28.4. The van der Waals surface area contributed by atoms with Gasteiger partial charge in [0.15, 0.2) is 0 Å². The van der Waals surface area contributed by atoms with Crippen molar-refractivity contribution in [2.24, 2.45) is 0 Å². The quantitative estimate of drug-likeness (QED) is 0.503. The molecule has 0 aromatic rings. The van der Waals surface area contributed by atoms with Crippen molar-refractivity contribution >= 4 is 8.56 Å². The van der Waals surface area contributed by atoms with Gasteiger partial charge in [-0.3, -0.25) is 0 Å².